The third-order valence-electron chi connectivity index (χ3n) is 6.13. The highest BCUT2D eigenvalue weighted by atomic mass is 127. The zero-order valence-corrected chi connectivity index (χ0v) is 21.7. The van der Waals surface area contributed by atoms with Crippen molar-refractivity contribution in [1.82, 2.24) is 10.2 Å². The van der Waals surface area contributed by atoms with E-state index < -0.39 is 0 Å². The van der Waals surface area contributed by atoms with Gasteiger partial charge in [-0.2, -0.15) is 0 Å². The molecule has 32 heavy (non-hydrogen) atoms. The van der Waals surface area contributed by atoms with E-state index in [1.165, 1.54) is 27.9 Å². The number of guanidine groups is 1. The monoisotopic (exact) mass is 550 g/mol. The highest BCUT2D eigenvalue weighted by Gasteiger charge is 2.25. The molecule has 2 saturated heterocycles. The number of hydrogen-bond donors (Lipinski definition) is 1. The molecule has 0 aliphatic carbocycles. The van der Waals surface area contributed by atoms with Gasteiger partial charge in [0.15, 0.2) is 5.96 Å². The van der Waals surface area contributed by atoms with Crippen LogP contribution in [0.2, 0.25) is 0 Å². The van der Waals surface area contributed by atoms with E-state index in [0.717, 1.165) is 51.9 Å². The first kappa shape index (κ1) is 24.8. The number of anilines is 1. The zero-order valence-electron chi connectivity index (χ0n) is 19.3. The van der Waals surface area contributed by atoms with E-state index in [2.05, 4.69) is 76.4 Å². The van der Waals surface area contributed by atoms with Crippen molar-refractivity contribution in [1.29, 1.82) is 0 Å². The smallest absolute Gasteiger partial charge is 0.194 e. The molecule has 0 spiro atoms. The van der Waals surface area contributed by atoms with Crippen LogP contribution in [0.4, 0.5) is 5.69 Å². The van der Waals surface area contributed by atoms with Crippen LogP contribution in [0.1, 0.15) is 28.4 Å². The second kappa shape index (κ2) is 11.9. The summed E-state index contributed by atoms with van der Waals surface area (Å²) in [6.45, 7) is 10.8. The fourth-order valence-electron chi connectivity index (χ4n) is 4.50. The number of benzene rings is 2. The third-order valence-corrected chi connectivity index (χ3v) is 6.13. The molecule has 1 N–H and O–H groups in total. The number of para-hydroxylation sites is 1. The molecule has 0 radical (unpaired) electrons. The second-order valence-electron chi connectivity index (χ2n) is 8.29. The number of morpholine rings is 2. The molecule has 174 valence electrons. The number of nitrogens with one attached hydrogen (secondary N) is 1. The number of nitrogens with zero attached hydrogens (tertiary/aromatic N) is 3. The quantitative estimate of drug-likeness (QED) is 0.356. The molecule has 0 aromatic heterocycles. The maximum Gasteiger partial charge on any atom is 0.194 e. The van der Waals surface area contributed by atoms with Crippen molar-refractivity contribution in [2.24, 2.45) is 4.99 Å². The first-order chi connectivity index (χ1) is 15.2. The van der Waals surface area contributed by atoms with Crippen LogP contribution in [0.3, 0.4) is 0 Å². The van der Waals surface area contributed by atoms with E-state index >= 15 is 0 Å². The van der Waals surface area contributed by atoms with Crippen molar-refractivity contribution in [2.75, 3.05) is 57.9 Å². The Labute approximate surface area is 209 Å². The Morgan fingerprint density at radius 2 is 1.84 bits per heavy atom. The van der Waals surface area contributed by atoms with Gasteiger partial charge in [0, 0.05) is 38.9 Å². The van der Waals surface area contributed by atoms with Gasteiger partial charge in [-0.25, -0.2) is 0 Å². The Bertz CT molecular complexity index is 915. The Hall–Kier alpha value is -1.84. The molecule has 2 aliphatic rings. The molecule has 2 aromatic rings. The fraction of sp³-hybridized carbons (Fsp3) is 0.480. The molecule has 1 unspecified atom stereocenters. The lowest BCUT2D eigenvalue weighted by molar-refractivity contribution is -0.00834. The van der Waals surface area contributed by atoms with Gasteiger partial charge in [0.1, 0.15) is 6.10 Å². The lowest BCUT2D eigenvalue weighted by Crippen LogP contribution is -2.48. The average molecular weight is 550 g/mol. The normalized spacial score (nSPS) is 19.5. The van der Waals surface area contributed by atoms with E-state index in [4.69, 9.17) is 9.47 Å². The predicted octanol–water partition coefficient (Wildman–Crippen LogP) is 3.91. The summed E-state index contributed by atoms with van der Waals surface area (Å²) in [5.41, 5.74) is 6.40. The number of aryl methyl sites for hydroxylation is 2. The predicted molar refractivity (Wildman–Crippen MR) is 141 cm³/mol. The minimum absolute atomic E-state index is 0. The van der Waals surface area contributed by atoms with Crippen LogP contribution in [0, 0.1) is 13.8 Å². The van der Waals surface area contributed by atoms with Crippen LogP contribution < -0.4 is 10.2 Å². The van der Waals surface area contributed by atoms with Gasteiger partial charge in [0.2, 0.25) is 0 Å². The van der Waals surface area contributed by atoms with Crippen LogP contribution in [0.15, 0.2) is 47.5 Å². The van der Waals surface area contributed by atoms with E-state index in [-0.39, 0.29) is 30.1 Å². The molecule has 4 rings (SSSR count). The van der Waals surface area contributed by atoms with E-state index in [9.17, 15) is 0 Å². The number of aliphatic imine (C=N–C) groups is 1. The van der Waals surface area contributed by atoms with Gasteiger partial charge in [-0.05, 0) is 36.6 Å². The summed E-state index contributed by atoms with van der Waals surface area (Å²) in [5, 5.41) is 3.59. The summed E-state index contributed by atoms with van der Waals surface area (Å²) >= 11 is 0. The molecule has 0 bridgehead atoms. The van der Waals surface area contributed by atoms with Crippen molar-refractivity contribution >= 4 is 35.6 Å². The molecule has 0 amide bonds. The van der Waals surface area contributed by atoms with Crippen molar-refractivity contribution in [2.45, 2.75) is 26.5 Å². The number of rotatable bonds is 4. The first-order valence-electron chi connectivity index (χ1n) is 11.2. The minimum Gasteiger partial charge on any atom is -0.378 e. The van der Waals surface area contributed by atoms with E-state index in [0.29, 0.717) is 6.61 Å². The number of halogens is 1. The highest BCUT2D eigenvalue weighted by Crippen LogP contribution is 2.26. The molecule has 7 heteroatoms. The Balaban J connectivity index is 0.00000289. The van der Waals surface area contributed by atoms with E-state index in [1.54, 1.807) is 0 Å². The van der Waals surface area contributed by atoms with Gasteiger partial charge >= 0.3 is 0 Å². The van der Waals surface area contributed by atoms with Gasteiger partial charge in [0.25, 0.3) is 0 Å². The molecule has 0 saturated carbocycles. The maximum absolute atomic E-state index is 6.13. The summed E-state index contributed by atoms with van der Waals surface area (Å²) in [7, 11) is 1.86. The van der Waals surface area contributed by atoms with Crippen LogP contribution in [-0.4, -0.2) is 63.9 Å². The Morgan fingerprint density at radius 3 is 2.59 bits per heavy atom. The number of hydrogen-bond acceptors (Lipinski definition) is 4. The first-order valence-corrected chi connectivity index (χ1v) is 11.2. The standard InChI is InChI=1S/C25H34N4O2.HI/c1-19-8-9-22(20(2)16-19)24-18-29(12-15-31-24)25(26-3)27-17-21-6-4-5-7-23(21)28-10-13-30-14-11-28;/h4-9,16,24H,10-15,17-18H2,1-3H3,(H,26,27);1H. The Morgan fingerprint density at radius 1 is 1.06 bits per heavy atom. The third kappa shape index (κ3) is 5.94. The molecular weight excluding hydrogens is 515 g/mol. The van der Waals surface area contributed by atoms with Crippen LogP contribution in [-0.2, 0) is 16.0 Å². The zero-order chi connectivity index (χ0) is 21.6. The molecule has 1 atom stereocenters. The number of ether oxygens (including phenoxy) is 2. The van der Waals surface area contributed by atoms with Gasteiger partial charge in [-0.1, -0.05) is 42.0 Å². The van der Waals surface area contributed by atoms with Crippen molar-refractivity contribution in [3.63, 3.8) is 0 Å². The lowest BCUT2D eigenvalue weighted by Gasteiger charge is -2.36. The van der Waals surface area contributed by atoms with Gasteiger partial charge < -0.3 is 24.6 Å². The molecule has 2 aromatic carbocycles. The summed E-state index contributed by atoms with van der Waals surface area (Å²) in [6, 6.07) is 15.2. The van der Waals surface area contributed by atoms with Crippen LogP contribution in [0.25, 0.3) is 0 Å². The topological polar surface area (TPSA) is 49.3 Å². The molecule has 6 nitrogen and oxygen atoms in total. The maximum atomic E-state index is 6.13. The summed E-state index contributed by atoms with van der Waals surface area (Å²) in [4.78, 5) is 9.30. The molecule has 2 heterocycles. The van der Waals surface area contributed by atoms with Crippen molar-refractivity contribution < 1.29 is 9.47 Å². The summed E-state index contributed by atoms with van der Waals surface area (Å²) in [5.74, 6) is 0.926. The Kier molecular flexibility index (Phi) is 9.19. The van der Waals surface area contributed by atoms with Gasteiger partial charge in [-0.15, -0.1) is 24.0 Å². The van der Waals surface area contributed by atoms with Crippen molar-refractivity contribution in [3.05, 3.63) is 64.7 Å². The molecule has 2 fully saturated rings. The minimum atomic E-state index is 0. The molecular formula is C25H35IN4O2. The van der Waals surface area contributed by atoms with Crippen molar-refractivity contribution in [3.8, 4) is 0 Å². The average Bonchev–Trinajstić information content (AvgIpc) is 2.80. The fourth-order valence-corrected chi connectivity index (χ4v) is 4.50. The SMILES string of the molecule is CN=C(NCc1ccccc1N1CCOCC1)N1CCOC(c2ccc(C)cc2C)C1.I. The summed E-state index contributed by atoms with van der Waals surface area (Å²) in [6.07, 6.45) is 0.0635. The van der Waals surface area contributed by atoms with E-state index in [1.807, 2.05) is 7.05 Å². The van der Waals surface area contributed by atoms with Gasteiger partial charge in [0.05, 0.1) is 26.4 Å². The second-order valence-corrected chi connectivity index (χ2v) is 8.29. The largest absolute Gasteiger partial charge is 0.378 e. The highest BCUT2D eigenvalue weighted by molar-refractivity contribution is 14.0. The van der Waals surface area contributed by atoms with Crippen LogP contribution >= 0.6 is 24.0 Å². The molecule has 2 aliphatic heterocycles. The van der Waals surface area contributed by atoms with Gasteiger partial charge in [-0.3, -0.25) is 4.99 Å². The van der Waals surface area contributed by atoms with Crippen LogP contribution in [0.5, 0.6) is 0 Å². The lowest BCUT2D eigenvalue weighted by atomic mass is 10.00. The summed E-state index contributed by atoms with van der Waals surface area (Å²) < 4.78 is 11.7.